The van der Waals surface area contributed by atoms with Crippen molar-refractivity contribution in [3.63, 3.8) is 0 Å². The van der Waals surface area contributed by atoms with Crippen LogP contribution in [0.3, 0.4) is 0 Å². The van der Waals surface area contributed by atoms with Crippen LogP contribution in [0.2, 0.25) is 0 Å². The third-order valence-corrected chi connectivity index (χ3v) is 1.47. The minimum absolute atomic E-state index is 0.858. The highest BCUT2D eigenvalue weighted by Crippen LogP contribution is 2.13. The first-order valence-corrected chi connectivity index (χ1v) is 3.39. The van der Waals surface area contributed by atoms with Crippen LogP contribution in [0.15, 0.2) is 24.3 Å². The molecule has 0 heterocycles. The summed E-state index contributed by atoms with van der Waals surface area (Å²) in [4.78, 5) is 0. The summed E-state index contributed by atoms with van der Waals surface area (Å²) in [6.45, 7) is 0. The van der Waals surface area contributed by atoms with Gasteiger partial charge >= 0.3 is 0 Å². The first-order chi connectivity index (χ1) is 4.61. The standard InChI is InChI=1S/C9H13N/c1-10(2,3)9-7-5-4-6-8-9/h4-5,7-8H,1-3H3/q+1. The third kappa shape index (κ3) is 1.58. The first-order valence-electron chi connectivity index (χ1n) is 3.39. The molecule has 0 aliphatic carbocycles. The van der Waals surface area contributed by atoms with E-state index in [9.17, 15) is 0 Å². The van der Waals surface area contributed by atoms with Gasteiger partial charge in [0.05, 0.1) is 21.1 Å². The molecule has 0 amide bonds. The van der Waals surface area contributed by atoms with E-state index < -0.39 is 0 Å². The van der Waals surface area contributed by atoms with Crippen molar-refractivity contribution in [1.82, 2.24) is 4.48 Å². The fourth-order valence-corrected chi connectivity index (χ4v) is 0.801. The Kier molecular flexibility index (Phi) is 1.77. The number of hydrogen-bond donors (Lipinski definition) is 0. The highest BCUT2D eigenvalue weighted by atomic mass is 15.3. The van der Waals surface area contributed by atoms with Gasteiger partial charge < -0.3 is 0 Å². The van der Waals surface area contributed by atoms with E-state index in [4.69, 9.17) is 0 Å². The molecule has 0 atom stereocenters. The summed E-state index contributed by atoms with van der Waals surface area (Å²) in [7, 11) is 6.43. The van der Waals surface area contributed by atoms with E-state index in [2.05, 4.69) is 33.3 Å². The first kappa shape index (κ1) is 7.29. The van der Waals surface area contributed by atoms with Gasteiger partial charge in [-0.15, -0.1) is 0 Å². The molecule has 1 nitrogen and oxygen atoms in total. The van der Waals surface area contributed by atoms with Crippen molar-refractivity contribution in [1.29, 1.82) is 0 Å². The van der Waals surface area contributed by atoms with Crippen molar-refractivity contribution in [2.45, 2.75) is 0 Å². The van der Waals surface area contributed by atoms with Crippen LogP contribution in [-0.2, 0) is 0 Å². The minimum atomic E-state index is 0.858. The summed E-state index contributed by atoms with van der Waals surface area (Å²) in [5.74, 6) is 0. The summed E-state index contributed by atoms with van der Waals surface area (Å²) in [6, 6.07) is 11.1. The van der Waals surface area contributed by atoms with E-state index in [1.165, 1.54) is 5.69 Å². The van der Waals surface area contributed by atoms with E-state index >= 15 is 0 Å². The molecule has 53 valence electrons. The van der Waals surface area contributed by atoms with Gasteiger partial charge in [-0.3, -0.25) is 4.48 Å². The Bertz CT molecular complexity index is 196. The number of hydrogen-bond acceptors (Lipinski definition) is 0. The molecule has 0 aliphatic heterocycles. The highest BCUT2D eigenvalue weighted by molar-refractivity contribution is 5.39. The minimum Gasteiger partial charge on any atom is -0.298 e. The Morgan fingerprint density at radius 3 is 2.30 bits per heavy atom. The van der Waals surface area contributed by atoms with Crippen molar-refractivity contribution >= 4 is 5.69 Å². The number of benzene rings is 1. The fraction of sp³-hybridized carbons (Fsp3) is 0.333. The molecular weight excluding hydrogens is 122 g/mol. The molecule has 10 heavy (non-hydrogen) atoms. The van der Waals surface area contributed by atoms with Gasteiger partial charge in [-0.25, -0.2) is 0 Å². The molecule has 0 bridgehead atoms. The molecule has 0 fully saturated rings. The summed E-state index contributed by atoms with van der Waals surface area (Å²) < 4.78 is 0.858. The van der Waals surface area contributed by atoms with E-state index in [0.717, 1.165) is 4.48 Å². The monoisotopic (exact) mass is 135 g/mol. The third-order valence-electron chi connectivity index (χ3n) is 1.47. The van der Waals surface area contributed by atoms with E-state index in [1.807, 2.05) is 18.2 Å². The maximum absolute atomic E-state index is 3.05. The predicted molar refractivity (Wildman–Crippen MR) is 44.8 cm³/mol. The van der Waals surface area contributed by atoms with Crippen LogP contribution in [0, 0.1) is 6.07 Å². The molecule has 0 N–H and O–H groups in total. The molecule has 0 spiro atoms. The normalized spacial score (nSPS) is 11.5. The summed E-state index contributed by atoms with van der Waals surface area (Å²) in [5, 5.41) is 0. The lowest BCUT2D eigenvalue weighted by molar-refractivity contribution is 0.486. The topological polar surface area (TPSA) is 0 Å². The molecule has 1 aromatic rings. The van der Waals surface area contributed by atoms with Crippen molar-refractivity contribution < 1.29 is 0 Å². The predicted octanol–water partition coefficient (Wildman–Crippen LogP) is 1.68. The second-order valence-electron chi connectivity index (χ2n) is 3.27. The Morgan fingerprint density at radius 1 is 1.30 bits per heavy atom. The van der Waals surface area contributed by atoms with Gasteiger partial charge in [0.25, 0.3) is 0 Å². The van der Waals surface area contributed by atoms with Crippen LogP contribution >= 0.6 is 0 Å². The molecule has 0 saturated heterocycles. The van der Waals surface area contributed by atoms with Crippen LogP contribution in [0.1, 0.15) is 0 Å². The van der Waals surface area contributed by atoms with Gasteiger partial charge in [0.2, 0.25) is 0 Å². The molecule has 0 unspecified atom stereocenters. The van der Waals surface area contributed by atoms with Crippen LogP contribution in [-0.4, -0.2) is 21.1 Å². The summed E-state index contributed by atoms with van der Waals surface area (Å²) >= 11 is 0. The van der Waals surface area contributed by atoms with Crippen molar-refractivity contribution in [3.05, 3.63) is 30.3 Å². The second kappa shape index (κ2) is 2.43. The van der Waals surface area contributed by atoms with E-state index in [0.29, 0.717) is 0 Å². The van der Waals surface area contributed by atoms with Crippen LogP contribution in [0.4, 0.5) is 5.69 Å². The molecule has 0 aliphatic rings. The fourth-order valence-electron chi connectivity index (χ4n) is 0.801. The number of quaternary nitrogens is 1. The van der Waals surface area contributed by atoms with E-state index in [-0.39, 0.29) is 0 Å². The number of rotatable bonds is 1. The van der Waals surface area contributed by atoms with Gasteiger partial charge in [-0.2, -0.15) is 0 Å². The maximum atomic E-state index is 3.05. The van der Waals surface area contributed by atoms with Gasteiger partial charge in [-0.1, -0.05) is 12.1 Å². The maximum Gasteiger partial charge on any atom is 0.132 e. The Labute approximate surface area is 62.5 Å². The molecule has 1 heteroatoms. The van der Waals surface area contributed by atoms with Crippen LogP contribution in [0.5, 0.6) is 0 Å². The van der Waals surface area contributed by atoms with Gasteiger partial charge in [-0.05, 0) is 12.1 Å². The zero-order valence-electron chi connectivity index (χ0n) is 6.76. The molecule has 1 radical (unpaired) electrons. The average molecular weight is 135 g/mol. The molecular formula is C9H13N+. The zero-order chi connectivity index (χ0) is 7.61. The van der Waals surface area contributed by atoms with Crippen LogP contribution in [0.25, 0.3) is 0 Å². The lowest BCUT2D eigenvalue weighted by Gasteiger charge is -2.22. The Balaban J connectivity index is 2.97. The second-order valence-corrected chi connectivity index (χ2v) is 3.27. The molecule has 1 rings (SSSR count). The molecule has 1 aromatic carbocycles. The van der Waals surface area contributed by atoms with Gasteiger partial charge in [0.15, 0.2) is 0 Å². The SMILES string of the molecule is C[N+](C)(C)c1c[c]ccc1. The molecule has 0 aromatic heterocycles. The largest absolute Gasteiger partial charge is 0.298 e. The Morgan fingerprint density at radius 2 is 2.00 bits per heavy atom. The quantitative estimate of drug-likeness (QED) is 0.514. The van der Waals surface area contributed by atoms with Gasteiger partial charge in [0, 0.05) is 6.07 Å². The smallest absolute Gasteiger partial charge is 0.132 e. The van der Waals surface area contributed by atoms with Crippen molar-refractivity contribution in [2.24, 2.45) is 0 Å². The van der Waals surface area contributed by atoms with Crippen molar-refractivity contribution in [3.8, 4) is 0 Å². The number of nitrogens with zero attached hydrogens (tertiary/aromatic N) is 1. The summed E-state index contributed by atoms with van der Waals surface area (Å²) in [6.07, 6.45) is 0. The Hall–Kier alpha value is -0.820. The van der Waals surface area contributed by atoms with Gasteiger partial charge in [0.1, 0.15) is 5.69 Å². The summed E-state index contributed by atoms with van der Waals surface area (Å²) in [5.41, 5.74) is 1.28. The van der Waals surface area contributed by atoms with Crippen LogP contribution < -0.4 is 4.48 Å². The molecule has 0 saturated carbocycles. The zero-order valence-corrected chi connectivity index (χ0v) is 6.76. The van der Waals surface area contributed by atoms with Crippen molar-refractivity contribution in [2.75, 3.05) is 21.1 Å². The van der Waals surface area contributed by atoms with E-state index in [1.54, 1.807) is 0 Å². The highest BCUT2D eigenvalue weighted by Gasteiger charge is 2.09. The lowest BCUT2D eigenvalue weighted by Crippen LogP contribution is -2.34. The average Bonchev–Trinajstić information content (AvgIpc) is 1.88. The lowest BCUT2D eigenvalue weighted by atomic mass is 10.3.